The Morgan fingerprint density at radius 3 is 2.63 bits per heavy atom. The molecule has 27 heavy (non-hydrogen) atoms. The summed E-state index contributed by atoms with van der Waals surface area (Å²) in [5.74, 6) is -0.299. The molecule has 2 aromatic carbocycles. The molecule has 140 valence electrons. The van der Waals surface area contributed by atoms with Crippen LogP contribution >= 0.6 is 23.2 Å². The van der Waals surface area contributed by atoms with E-state index in [1.165, 1.54) is 26.4 Å². The predicted octanol–water partition coefficient (Wildman–Crippen LogP) is 4.63. The lowest BCUT2D eigenvalue weighted by molar-refractivity contribution is 0.0951. The van der Waals surface area contributed by atoms with Crippen molar-refractivity contribution >= 4 is 40.0 Å². The zero-order chi connectivity index (χ0) is 19.6. The van der Waals surface area contributed by atoms with Gasteiger partial charge in [0.15, 0.2) is 11.6 Å². The normalized spacial score (nSPS) is 10.7. The second-order valence-electron chi connectivity index (χ2n) is 5.63. The molecule has 0 aliphatic heterocycles. The van der Waals surface area contributed by atoms with E-state index in [1.54, 1.807) is 24.3 Å². The number of aromatic nitrogens is 1. The highest BCUT2D eigenvalue weighted by atomic mass is 35.5. The summed E-state index contributed by atoms with van der Waals surface area (Å²) in [4.78, 5) is 16.8. The highest BCUT2D eigenvalue weighted by molar-refractivity contribution is 6.42. The number of nitrogens with zero attached hydrogens (tertiary/aromatic N) is 1. The first-order chi connectivity index (χ1) is 12.9. The van der Waals surface area contributed by atoms with Gasteiger partial charge in [0.1, 0.15) is 10.9 Å². The summed E-state index contributed by atoms with van der Waals surface area (Å²) < 4.78 is 23.6. The van der Waals surface area contributed by atoms with Gasteiger partial charge in [0.05, 0.1) is 30.3 Å². The van der Waals surface area contributed by atoms with Crippen LogP contribution in [0.15, 0.2) is 36.4 Å². The Hall–Kier alpha value is -2.57. The number of rotatable bonds is 5. The maximum absolute atomic E-state index is 13.5. The van der Waals surface area contributed by atoms with Crippen LogP contribution < -0.4 is 14.8 Å². The molecule has 1 amide bonds. The van der Waals surface area contributed by atoms with E-state index in [0.717, 1.165) is 0 Å². The van der Waals surface area contributed by atoms with Gasteiger partial charge in [-0.05, 0) is 35.9 Å². The van der Waals surface area contributed by atoms with E-state index in [-0.39, 0.29) is 28.0 Å². The van der Waals surface area contributed by atoms with E-state index in [2.05, 4.69) is 10.3 Å². The van der Waals surface area contributed by atoms with Crippen molar-refractivity contribution in [3.05, 3.63) is 63.5 Å². The largest absolute Gasteiger partial charge is 0.497 e. The highest BCUT2D eigenvalue weighted by Gasteiger charge is 2.19. The zero-order valence-electron chi connectivity index (χ0n) is 14.5. The van der Waals surface area contributed by atoms with E-state index in [0.29, 0.717) is 22.2 Å². The van der Waals surface area contributed by atoms with Crippen LogP contribution in [-0.4, -0.2) is 25.1 Å². The summed E-state index contributed by atoms with van der Waals surface area (Å²) in [5.41, 5.74) is 1.27. The topological polar surface area (TPSA) is 60.5 Å². The molecule has 0 atom stereocenters. The van der Waals surface area contributed by atoms with Crippen molar-refractivity contribution in [2.24, 2.45) is 0 Å². The lowest BCUT2D eigenvalue weighted by Crippen LogP contribution is -2.24. The van der Waals surface area contributed by atoms with E-state index in [1.807, 2.05) is 0 Å². The van der Waals surface area contributed by atoms with Crippen molar-refractivity contribution in [3.8, 4) is 11.5 Å². The number of methoxy groups -OCH3 is 2. The molecule has 0 aliphatic carbocycles. The van der Waals surface area contributed by atoms with Gasteiger partial charge in [-0.15, -0.1) is 0 Å². The van der Waals surface area contributed by atoms with Gasteiger partial charge in [0, 0.05) is 11.9 Å². The van der Waals surface area contributed by atoms with Crippen molar-refractivity contribution < 1.29 is 18.7 Å². The molecule has 0 saturated carbocycles. The number of fused-ring (bicyclic) bond motifs is 1. The fraction of sp³-hybridized carbons (Fsp3) is 0.158. The zero-order valence-corrected chi connectivity index (χ0v) is 16.0. The summed E-state index contributed by atoms with van der Waals surface area (Å²) in [6.07, 6.45) is 0. The molecule has 0 fully saturated rings. The second-order valence-corrected chi connectivity index (χ2v) is 6.36. The number of carbonyl (C=O) groups excluding carboxylic acids is 1. The third-order valence-electron chi connectivity index (χ3n) is 3.98. The van der Waals surface area contributed by atoms with Gasteiger partial charge >= 0.3 is 0 Å². The minimum Gasteiger partial charge on any atom is -0.497 e. The van der Waals surface area contributed by atoms with Crippen molar-refractivity contribution in [2.75, 3.05) is 14.2 Å². The van der Waals surface area contributed by atoms with Crippen molar-refractivity contribution in [3.63, 3.8) is 0 Å². The van der Waals surface area contributed by atoms with Gasteiger partial charge in [-0.25, -0.2) is 9.37 Å². The van der Waals surface area contributed by atoms with Crippen LogP contribution in [-0.2, 0) is 6.54 Å². The van der Waals surface area contributed by atoms with Crippen LogP contribution in [0.4, 0.5) is 4.39 Å². The van der Waals surface area contributed by atoms with Crippen LogP contribution in [0.1, 0.15) is 15.9 Å². The molecule has 5 nitrogen and oxygen atoms in total. The van der Waals surface area contributed by atoms with Crippen molar-refractivity contribution in [2.45, 2.75) is 6.54 Å². The maximum atomic E-state index is 13.5. The lowest BCUT2D eigenvalue weighted by Gasteiger charge is -2.12. The number of hydrogen-bond acceptors (Lipinski definition) is 4. The summed E-state index contributed by atoms with van der Waals surface area (Å²) in [7, 11) is 2.90. The van der Waals surface area contributed by atoms with Gasteiger partial charge in [0.2, 0.25) is 0 Å². The summed E-state index contributed by atoms with van der Waals surface area (Å²) >= 11 is 12.6. The molecule has 0 radical (unpaired) electrons. The van der Waals surface area contributed by atoms with Gasteiger partial charge in [-0.2, -0.15) is 0 Å². The Kier molecular flexibility index (Phi) is 5.68. The smallest absolute Gasteiger partial charge is 0.256 e. The van der Waals surface area contributed by atoms with Gasteiger partial charge in [-0.1, -0.05) is 29.3 Å². The number of amides is 1. The monoisotopic (exact) mass is 408 g/mol. The number of ether oxygens (including phenoxy) is 2. The molecule has 0 unspecified atom stereocenters. The number of hydrogen-bond donors (Lipinski definition) is 1. The van der Waals surface area contributed by atoms with E-state index < -0.39 is 11.7 Å². The summed E-state index contributed by atoms with van der Waals surface area (Å²) in [5, 5.41) is 3.43. The predicted molar refractivity (Wildman–Crippen MR) is 102 cm³/mol. The molecule has 3 rings (SSSR count). The van der Waals surface area contributed by atoms with E-state index in [9.17, 15) is 9.18 Å². The maximum Gasteiger partial charge on any atom is 0.256 e. The average Bonchev–Trinajstić information content (AvgIpc) is 2.67. The molecule has 1 N–H and O–H groups in total. The van der Waals surface area contributed by atoms with Crippen LogP contribution in [0.3, 0.4) is 0 Å². The van der Waals surface area contributed by atoms with Crippen LogP contribution in [0.5, 0.6) is 11.5 Å². The Bertz CT molecular complexity index is 1030. The average molecular weight is 409 g/mol. The molecule has 0 saturated heterocycles. The standard InChI is InChI=1S/C19H15Cl2FN2O3/c1-26-11-4-6-14-12(8-11)17(20)16(18(21)24-14)19(25)23-9-10-3-5-13(22)15(7-10)27-2/h3-8H,9H2,1-2H3,(H,23,25). The first kappa shape index (κ1) is 19.2. The lowest BCUT2D eigenvalue weighted by atomic mass is 10.1. The quantitative estimate of drug-likeness (QED) is 0.625. The van der Waals surface area contributed by atoms with Crippen LogP contribution in [0, 0.1) is 5.82 Å². The number of halogens is 3. The fourth-order valence-corrected chi connectivity index (χ4v) is 3.23. The minimum atomic E-state index is -0.495. The van der Waals surface area contributed by atoms with E-state index >= 15 is 0 Å². The number of carbonyl (C=O) groups is 1. The molecule has 1 heterocycles. The number of pyridine rings is 1. The Morgan fingerprint density at radius 1 is 1.15 bits per heavy atom. The SMILES string of the molecule is COc1ccc2nc(Cl)c(C(=O)NCc3ccc(F)c(OC)c3)c(Cl)c2c1. The molecule has 0 spiro atoms. The fourth-order valence-electron chi connectivity index (χ4n) is 2.58. The molecular weight excluding hydrogens is 394 g/mol. The molecule has 3 aromatic rings. The van der Waals surface area contributed by atoms with Gasteiger partial charge in [-0.3, -0.25) is 4.79 Å². The molecule has 1 aromatic heterocycles. The highest BCUT2D eigenvalue weighted by Crippen LogP contribution is 2.33. The van der Waals surface area contributed by atoms with Crippen molar-refractivity contribution in [1.29, 1.82) is 0 Å². The Balaban J connectivity index is 1.89. The molecule has 0 bridgehead atoms. The number of benzene rings is 2. The molecular formula is C19H15Cl2FN2O3. The summed E-state index contributed by atoms with van der Waals surface area (Å²) in [6, 6.07) is 9.43. The first-order valence-electron chi connectivity index (χ1n) is 7.88. The van der Waals surface area contributed by atoms with Gasteiger partial charge < -0.3 is 14.8 Å². The molecule has 0 aliphatic rings. The van der Waals surface area contributed by atoms with Crippen LogP contribution in [0.25, 0.3) is 10.9 Å². The third-order valence-corrected chi connectivity index (χ3v) is 4.65. The Labute approximate surface area is 165 Å². The summed E-state index contributed by atoms with van der Waals surface area (Å²) in [6.45, 7) is 0.137. The Morgan fingerprint density at radius 2 is 1.93 bits per heavy atom. The molecule has 8 heteroatoms. The number of nitrogens with one attached hydrogen (secondary N) is 1. The van der Waals surface area contributed by atoms with Crippen LogP contribution in [0.2, 0.25) is 10.2 Å². The first-order valence-corrected chi connectivity index (χ1v) is 8.63. The van der Waals surface area contributed by atoms with Gasteiger partial charge in [0.25, 0.3) is 5.91 Å². The second kappa shape index (κ2) is 7.98. The van der Waals surface area contributed by atoms with Crippen molar-refractivity contribution in [1.82, 2.24) is 10.3 Å². The van der Waals surface area contributed by atoms with E-state index in [4.69, 9.17) is 32.7 Å². The minimum absolute atomic E-state index is 0.00754. The third kappa shape index (κ3) is 3.91.